The molecule has 0 fully saturated rings. The molecule has 0 radical (unpaired) electrons. The number of phenolic OH excluding ortho intramolecular Hbond substituents is 1. The lowest BCUT2D eigenvalue weighted by atomic mass is 10.0. The van der Waals surface area contributed by atoms with Crippen molar-refractivity contribution in [3.63, 3.8) is 0 Å². The molecule has 0 aliphatic heterocycles. The van der Waals surface area contributed by atoms with Gasteiger partial charge >= 0.3 is 11.9 Å². The second kappa shape index (κ2) is 13.1. The number of carboxylic acids is 2. The number of aliphatic carboxylic acids is 2. The summed E-state index contributed by atoms with van der Waals surface area (Å²) in [5.41, 5.74) is 6.13. The maximum absolute atomic E-state index is 12.9. The van der Waals surface area contributed by atoms with E-state index >= 15 is 0 Å². The van der Waals surface area contributed by atoms with Gasteiger partial charge in [0, 0.05) is 6.42 Å². The van der Waals surface area contributed by atoms with Gasteiger partial charge in [-0.3, -0.25) is 19.2 Å². The van der Waals surface area contributed by atoms with E-state index < -0.39 is 60.2 Å². The van der Waals surface area contributed by atoms with Gasteiger partial charge in [-0.2, -0.15) is 0 Å². The summed E-state index contributed by atoms with van der Waals surface area (Å²) in [6.07, 6.45) is -0.496. The summed E-state index contributed by atoms with van der Waals surface area (Å²) in [6, 6.07) is 0.940. The molecule has 0 heterocycles. The molecule has 3 amide bonds. The fourth-order valence-corrected chi connectivity index (χ4v) is 3.01. The van der Waals surface area contributed by atoms with Crippen molar-refractivity contribution in [3.05, 3.63) is 29.8 Å². The fourth-order valence-electron chi connectivity index (χ4n) is 3.01. The van der Waals surface area contributed by atoms with Gasteiger partial charge in [-0.1, -0.05) is 26.0 Å². The number of benzene rings is 1. The molecule has 188 valence electrons. The minimum Gasteiger partial charge on any atom is -0.508 e. The predicted octanol–water partition coefficient (Wildman–Crippen LogP) is -0.658. The number of rotatable bonds is 13. The molecule has 0 aliphatic rings. The SMILES string of the molecule is CC(C)CC(NC(=O)C(C)NC(=O)C(Cc1ccc(O)cc1)NC(=O)C(N)CC(=O)O)C(=O)O. The minimum atomic E-state index is -1.40. The van der Waals surface area contributed by atoms with Crippen LogP contribution >= 0.6 is 0 Å². The first-order valence-corrected chi connectivity index (χ1v) is 10.7. The lowest BCUT2D eigenvalue weighted by Crippen LogP contribution is -2.57. The molecule has 0 aromatic heterocycles. The number of carbonyl (C=O) groups excluding carboxylic acids is 3. The highest BCUT2D eigenvalue weighted by atomic mass is 16.4. The first kappa shape index (κ1) is 28.4. The highest BCUT2D eigenvalue weighted by Crippen LogP contribution is 2.12. The van der Waals surface area contributed by atoms with Gasteiger partial charge in [0.1, 0.15) is 23.9 Å². The molecule has 12 heteroatoms. The van der Waals surface area contributed by atoms with Crippen molar-refractivity contribution in [2.75, 3.05) is 0 Å². The molecule has 1 rings (SSSR count). The lowest BCUT2D eigenvalue weighted by molar-refractivity contribution is -0.142. The number of amides is 3. The van der Waals surface area contributed by atoms with Crippen LogP contribution in [0.15, 0.2) is 24.3 Å². The van der Waals surface area contributed by atoms with Crippen molar-refractivity contribution in [1.82, 2.24) is 16.0 Å². The highest BCUT2D eigenvalue weighted by Gasteiger charge is 2.29. The summed E-state index contributed by atoms with van der Waals surface area (Å²) in [4.78, 5) is 59.9. The molecular weight excluding hydrogens is 448 g/mol. The summed E-state index contributed by atoms with van der Waals surface area (Å²) in [5, 5.41) is 34.8. The largest absolute Gasteiger partial charge is 0.508 e. The molecule has 8 N–H and O–H groups in total. The van der Waals surface area contributed by atoms with Crippen molar-refractivity contribution in [3.8, 4) is 5.75 Å². The third kappa shape index (κ3) is 9.86. The Bertz CT molecular complexity index is 887. The van der Waals surface area contributed by atoms with Crippen molar-refractivity contribution < 1.29 is 39.3 Å². The first-order chi connectivity index (χ1) is 15.8. The van der Waals surface area contributed by atoms with Gasteiger partial charge in [0.05, 0.1) is 12.5 Å². The minimum absolute atomic E-state index is 0.00283. The van der Waals surface area contributed by atoms with Crippen LogP contribution in [-0.2, 0) is 30.4 Å². The normalized spacial score (nSPS) is 14.4. The Hall–Kier alpha value is -3.67. The first-order valence-electron chi connectivity index (χ1n) is 10.7. The van der Waals surface area contributed by atoms with Crippen molar-refractivity contribution >= 4 is 29.7 Å². The van der Waals surface area contributed by atoms with E-state index in [0.717, 1.165) is 0 Å². The van der Waals surface area contributed by atoms with E-state index in [0.29, 0.717) is 5.56 Å². The molecular formula is C22H32N4O8. The van der Waals surface area contributed by atoms with E-state index in [1.807, 2.05) is 0 Å². The van der Waals surface area contributed by atoms with E-state index in [1.165, 1.54) is 31.2 Å². The van der Waals surface area contributed by atoms with Crippen LogP contribution in [0.3, 0.4) is 0 Å². The number of phenols is 1. The number of nitrogens with two attached hydrogens (primary N) is 1. The Morgan fingerprint density at radius 2 is 1.41 bits per heavy atom. The van der Waals surface area contributed by atoms with E-state index in [-0.39, 0.29) is 24.5 Å². The fraction of sp³-hybridized carbons (Fsp3) is 0.500. The maximum Gasteiger partial charge on any atom is 0.326 e. The second-order valence-electron chi connectivity index (χ2n) is 8.40. The molecule has 0 aliphatic carbocycles. The molecule has 0 saturated heterocycles. The maximum atomic E-state index is 12.9. The Morgan fingerprint density at radius 3 is 1.91 bits per heavy atom. The highest BCUT2D eigenvalue weighted by molar-refractivity contribution is 5.94. The van der Waals surface area contributed by atoms with Crippen molar-refractivity contribution in [2.45, 2.75) is 64.2 Å². The zero-order valence-corrected chi connectivity index (χ0v) is 19.3. The number of aromatic hydroxyl groups is 1. The van der Waals surface area contributed by atoms with Crippen molar-refractivity contribution in [1.29, 1.82) is 0 Å². The molecule has 1 aromatic carbocycles. The topological polar surface area (TPSA) is 208 Å². The zero-order chi connectivity index (χ0) is 26.0. The third-order valence-electron chi connectivity index (χ3n) is 4.81. The predicted molar refractivity (Wildman–Crippen MR) is 121 cm³/mol. The molecule has 1 aromatic rings. The average molecular weight is 481 g/mol. The Kier molecular flexibility index (Phi) is 11.0. The molecule has 4 unspecified atom stereocenters. The van der Waals surface area contributed by atoms with E-state index in [9.17, 15) is 34.2 Å². The van der Waals surface area contributed by atoms with Crippen LogP contribution in [0.25, 0.3) is 0 Å². The van der Waals surface area contributed by atoms with Crippen LogP contribution in [0.2, 0.25) is 0 Å². The lowest BCUT2D eigenvalue weighted by Gasteiger charge is -2.24. The summed E-state index contributed by atoms with van der Waals surface area (Å²) < 4.78 is 0. The zero-order valence-electron chi connectivity index (χ0n) is 19.3. The van der Waals surface area contributed by atoms with Crippen LogP contribution in [0, 0.1) is 5.92 Å². The van der Waals surface area contributed by atoms with Crippen LogP contribution in [0.4, 0.5) is 0 Å². The van der Waals surface area contributed by atoms with E-state index in [1.54, 1.807) is 13.8 Å². The monoisotopic (exact) mass is 480 g/mol. The third-order valence-corrected chi connectivity index (χ3v) is 4.81. The summed E-state index contributed by atoms with van der Waals surface area (Å²) >= 11 is 0. The van der Waals surface area contributed by atoms with Gasteiger partial charge in [-0.25, -0.2) is 4.79 Å². The summed E-state index contributed by atoms with van der Waals surface area (Å²) in [5.74, 6) is -4.85. The summed E-state index contributed by atoms with van der Waals surface area (Å²) in [6.45, 7) is 4.97. The van der Waals surface area contributed by atoms with Gasteiger partial charge < -0.3 is 37.0 Å². The number of hydrogen-bond donors (Lipinski definition) is 7. The quantitative estimate of drug-likeness (QED) is 0.191. The molecule has 0 saturated carbocycles. The van der Waals surface area contributed by atoms with E-state index in [4.69, 9.17) is 10.8 Å². The molecule has 0 spiro atoms. The Morgan fingerprint density at radius 1 is 0.853 bits per heavy atom. The van der Waals surface area contributed by atoms with Gasteiger partial charge in [0.2, 0.25) is 17.7 Å². The molecule has 34 heavy (non-hydrogen) atoms. The van der Waals surface area contributed by atoms with Gasteiger partial charge in [-0.15, -0.1) is 0 Å². The number of carbonyl (C=O) groups is 5. The van der Waals surface area contributed by atoms with Crippen LogP contribution in [0.1, 0.15) is 39.2 Å². The molecule has 4 atom stereocenters. The standard InChI is InChI=1S/C22H32N4O8/c1-11(2)8-17(22(33)34)26-19(30)12(3)24-21(32)16(9-13-4-6-14(27)7-5-13)25-20(31)15(23)10-18(28)29/h4-7,11-12,15-17,27H,8-10,23H2,1-3H3,(H,24,32)(H,25,31)(H,26,30)(H,28,29)(H,33,34). The number of nitrogens with one attached hydrogen (secondary N) is 3. The molecule has 0 bridgehead atoms. The van der Waals surface area contributed by atoms with Crippen LogP contribution in [0.5, 0.6) is 5.75 Å². The number of hydrogen-bond acceptors (Lipinski definition) is 7. The molecule has 12 nitrogen and oxygen atoms in total. The smallest absolute Gasteiger partial charge is 0.326 e. The van der Waals surface area contributed by atoms with Gasteiger partial charge in [0.25, 0.3) is 0 Å². The van der Waals surface area contributed by atoms with Crippen LogP contribution in [-0.4, -0.2) is 69.1 Å². The van der Waals surface area contributed by atoms with Gasteiger partial charge in [-0.05, 0) is 37.0 Å². The average Bonchev–Trinajstić information content (AvgIpc) is 2.73. The summed E-state index contributed by atoms with van der Waals surface area (Å²) in [7, 11) is 0. The van der Waals surface area contributed by atoms with Crippen molar-refractivity contribution in [2.24, 2.45) is 11.7 Å². The Balaban J connectivity index is 2.94. The van der Waals surface area contributed by atoms with E-state index in [2.05, 4.69) is 16.0 Å². The van der Waals surface area contributed by atoms with Crippen LogP contribution < -0.4 is 21.7 Å². The van der Waals surface area contributed by atoms with Gasteiger partial charge in [0.15, 0.2) is 0 Å². The Labute approximate surface area is 196 Å². The number of carboxylic acid groups (broad SMARTS) is 2. The second-order valence-corrected chi connectivity index (χ2v) is 8.40.